The molecule has 0 aliphatic heterocycles. The van der Waals surface area contributed by atoms with Crippen LogP contribution in [0, 0.1) is 17.5 Å². The molecule has 27 heavy (non-hydrogen) atoms. The van der Waals surface area contributed by atoms with Gasteiger partial charge in [-0.1, -0.05) is 18.2 Å². The van der Waals surface area contributed by atoms with Crippen molar-refractivity contribution in [1.82, 2.24) is 4.98 Å². The molecule has 3 rings (SSSR count). The van der Waals surface area contributed by atoms with Gasteiger partial charge in [0.1, 0.15) is 6.54 Å². The molecular formula is C19H14F3N3O2. The molecule has 0 saturated heterocycles. The second-order valence-corrected chi connectivity index (χ2v) is 5.73. The first-order valence-electron chi connectivity index (χ1n) is 7.93. The smallest absolute Gasteiger partial charge is 0.244 e. The highest BCUT2D eigenvalue weighted by Gasteiger charge is 2.20. The number of anilines is 2. The quantitative estimate of drug-likeness (QED) is 0.710. The molecular weight excluding hydrogens is 359 g/mol. The van der Waals surface area contributed by atoms with Crippen molar-refractivity contribution in [3.8, 4) is 0 Å². The van der Waals surface area contributed by atoms with E-state index < -0.39 is 41.5 Å². The van der Waals surface area contributed by atoms with E-state index in [4.69, 9.17) is 0 Å². The van der Waals surface area contributed by atoms with Crippen molar-refractivity contribution in [1.29, 1.82) is 0 Å². The summed E-state index contributed by atoms with van der Waals surface area (Å²) in [7, 11) is 0. The van der Waals surface area contributed by atoms with Gasteiger partial charge in [-0.25, -0.2) is 13.2 Å². The second-order valence-electron chi connectivity index (χ2n) is 5.73. The van der Waals surface area contributed by atoms with Crippen molar-refractivity contribution < 1.29 is 22.8 Å². The average molecular weight is 373 g/mol. The summed E-state index contributed by atoms with van der Waals surface area (Å²) in [6.07, 6.45) is 1.56. The summed E-state index contributed by atoms with van der Waals surface area (Å²) < 4.78 is 40.0. The number of fused-ring (bicyclic) bond motifs is 1. The molecule has 0 bridgehead atoms. The molecule has 5 nitrogen and oxygen atoms in total. The predicted octanol–water partition coefficient (Wildman–Crippen LogP) is 3.64. The average Bonchev–Trinajstić information content (AvgIpc) is 2.66. The topological polar surface area (TPSA) is 62.3 Å². The molecule has 0 unspecified atom stereocenters. The number of halogens is 3. The number of nitrogens with zero attached hydrogens (tertiary/aromatic N) is 2. The summed E-state index contributed by atoms with van der Waals surface area (Å²) in [6.45, 7) is 0.816. The summed E-state index contributed by atoms with van der Waals surface area (Å²) in [5.41, 5.74) is 0.405. The lowest BCUT2D eigenvalue weighted by Crippen LogP contribution is -2.37. The van der Waals surface area contributed by atoms with Gasteiger partial charge in [0, 0.05) is 18.5 Å². The van der Waals surface area contributed by atoms with Gasteiger partial charge in [0.15, 0.2) is 17.5 Å². The number of rotatable bonds is 4. The fourth-order valence-corrected chi connectivity index (χ4v) is 2.63. The normalized spacial score (nSPS) is 10.7. The molecule has 0 spiro atoms. The zero-order valence-electron chi connectivity index (χ0n) is 14.2. The molecule has 2 aromatic carbocycles. The molecule has 1 aromatic heterocycles. The van der Waals surface area contributed by atoms with E-state index in [0.717, 1.165) is 11.5 Å². The first kappa shape index (κ1) is 18.4. The highest BCUT2D eigenvalue weighted by atomic mass is 19.2. The first-order chi connectivity index (χ1) is 12.9. The van der Waals surface area contributed by atoms with Gasteiger partial charge in [-0.05, 0) is 24.3 Å². The van der Waals surface area contributed by atoms with E-state index in [1.807, 2.05) is 0 Å². The van der Waals surface area contributed by atoms with Crippen LogP contribution in [0.3, 0.4) is 0 Å². The molecule has 1 N–H and O–H groups in total. The Bertz CT molecular complexity index is 1030. The summed E-state index contributed by atoms with van der Waals surface area (Å²) in [5, 5.41) is 2.92. The summed E-state index contributed by atoms with van der Waals surface area (Å²) in [6, 6.07) is 10.3. The van der Waals surface area contributed by atoms with E-state index in [1.165, 1.54) is 11.8 Å². The van der Waals surface area contributed by atoms with Crippen LogP contribution in [0.2, 0.25) is 0 Å². The lowest BCUT2D eigenvalue weighted by Gasteiger charge is -2.22. The Balaban J connectivity index is 1.88. The minimum absolute atomic E-state index is 0.404. The van der Waals surface area contributed by atoms with E-state index >= 15 is 0 Å². The van der Waals surface area contributed by atoms with Crippen molar-refractivity contribution in [2.45, 2.75) is 6.92 Å². The van der Waals surface area contributed by atoms with Crippen molar-refractivity contribution in [3.63, 3.8) is 0 Å². The van der Waals surface area contributed by atoms with E-state index in [0.29, 0.717) is 17.3 Å². The van der Waals surface area contributed by atoms with Crippen LogP contribution in [-0.4, -0.2) is 23.3 Å². The number of pyridine rings is 1. The number of aromatic nitrogens is 1. The fraction of sp³-hybridized carbons (Fsp3) is 0.105. The third kappa shape index (κ3) is 3.74. The van der Waals surface area contributed by atoms with Crippen LogP contribution in [0.1, 0.15) is 6.92 Å². The molecule has 0 atom stereocenters. The molecule has 8 heteroatoms. The van der Waals surface area contributed by atoms with Crippen LogP contribution in [-0.2, 0) is 9.59 Å². The molecule has 2 amide bonds. The Labute approximate surface area is 152 Å². The number of hydrogen-bond donors (Lipinski definition) is 1. The number of benzene rings is 2. The zero-order chi connectivity index (χ0) is 19.6. The van der Waals surface area contributed by atoms with Gasteiger partial charge >= 0.3 is 0 Å². The van der Waals surface area contributed by atoms with Crippen molar-refractivity contribution in [3.05, 3.63) is 66.1 Å². The number of amides is 2. The monoisotopic (exact) mass is 373 g/mol. The number of nitrogens with one attached hydrogen (secondary N) is 1. The standard InChI is InChI=1S/C19H14F3N3O2/c1-11(26)25(15-6-2-4-12-5-3-9-23-19(12)15)10-16(27)24-14-8-7-13(20)17(21)18(14)22/h2-9H,10H2,1H3,(H,24,27). The van der Waals surface area contributed by atoms with Gasteiger partial charge < -0.3 is 10.2 Å². The van der Waals surface area contributed by atoms with E-state index in [9.17, 15) is 22.8 Å². The largest absolute Gasteiger partial charge is 0.322 e. The van der Waals surface area contributed by atoms with Crippen molar-refractivity contribution in [2.75, 3.05) is 16.8 Å². The fourth-order valence-electron chi connectivity index (χ4n) is 2.63. The Morgan fingerprint density at radius 2 is 1.78 bits per heavy atom. The van der Waals surface area contributed by atoms with E-state index in [2.05, 4.69) is 10.3 Å². The number of hydrogen-bond acceptors (Lipinski definition) is 3. The van der Waals surface area contributed by atoms with Crippen molar-refractivity contribution in [2.24, 2.45) is 0 Å². The molecule has 0 aliphatic rings. The van der Waals surface area contributed by atoms with Crippen LogP contribution < -0.4 is 10.2 Å². The van der Waals surface area contributed by atoms with Crippen LogP contribution >= 0.6 is 0 Å². The molecule has 0 aliphatic carbocycles. The lowest BCUT2D eigenvalue weighted by molar-refractivity contribution is -0.120. The predicted molar refractivity (Wildman–Crippen MR) is 94.7 cm³/mol. The van der Waals surface area contributed by atoms with E-state index in [-0.39, 0.29) is 0 Å². The van der Waals surface area contributed by atoms with Crippen LogP contribution in [0.25, 0.3) is 10.9 Å². The van der Waals surface area contributed by atoms with Gasteiger partial charge in [-0.2, -0.15) is 0 Å². The number of carbonyl (C=O) groups excluding carboxylic acids is 2. The molecule has 0 saturated carbocycles. The molecule has 0 fully saturated rings. The second kappa shape index (κ2) is 7.45. The zero-order valence-corrected chi connectivity index (χ0v) is 14.2. The van der Waals surface area contributed by atoms with Gasteiger partial charge in [-0.3, -0.25) is 14.6 Å². The van der Waals surface area contributed by atoms with Gasteiger partial charge in [-0.15, -0.1) is 0 Å². The highest BCUT2D eigenvalue weighted by Crippen LogP contribution is 2.25. The Morgan fingerprint density at radius 1 is 1.04 bits per heavy atom. The van der Waals surface area contributed by atoms with Crippen LogP contribution in [0.4, 0.5) is 24.5 Å². The summed E-state index contributed by atoms with van der Waals surface area (Å²) in [5.74, 6) is -5.77. The number of carbonyl (C=O) groups is 2. The minimum atomic E-state index is -1.69. The Kier molecular flexibility index (Phi) is 5.07. The Hall–Kier alpha value is -3.42. The maximum atomic E-state index is 13.7. The Morgan fingerprint density at radius 3 is 2.52 bits per heavy atom. The summed E-state index contributed by atoms with van der Waals surface area (Å²) >= 11 is 0. The van der Waals surface area contributed by atoms with Gasteiger partial charge in [0.2, 0.25) is 11.8 Å². The third-order valence-corrected chi connectivity index (χ3v) is 3.89. The lowest BCUT2D eigenvalue weighted by atomic mass is 10.1. The minimum Gasteiger partial charge on any atom is -0.322 e. The van der Waals surface area contributed by atoms with E-state index in [1.54, 1.807) is 36.5 Å². The maximum Gasteiger partial charge on any atom is 0.244 e. The summed E-state index contributed by atoms with van der Waals surface area (Å²) in [4.78, 5) is 29.8. The van der Waals surface area contributed by atoms with Crippen LogP contribution in [0.5, 0.6) is 0 Å². The SMILES string of the molecule is CC(=O)N(CC(=O)Nc1ccc(F)c(F)c1F)c1cccc2cccnc12. The molecule has 1 heterocycles. The van der Waals surface area contributed by atoms with Crippen molar-refractivity contribution >= 4 is 34.1 Å². The third-order valence-electron chi connectivity index (χ3n) is 3.89. The van der Waals surface area contributed by atoms with Gasteiger partial charge in [0.25, 0.3) is 0 Å². The molecule has 3 aromatic rings. The highest BCUT2D eigenvalue weighted by molar-refractivity contribution is 6.06. The van der Waals surface area contributed by atoms with Crippen LogP contribution in [0.15, 0.2) is 48.7 Å². The molecule has 0 radical (unpaired) electrons. The maximum absolute atomic E-state index is 13.7. The van der Waals surface area contributed by atoms with Gasteiger partial charge in [0.05, 0.1) is 16.9 Å². The molecule has 138 valence electrons. The number of para-hydroxylation sites is 1. The first-order valence-corrected chi connectivity index (χ1v) is 7.93.